The summed E-state index contributed by atoms with van der Waals surface area (Å²) in [7, 11) is 0. The van der Waals surface area contributed by atoms with Crippen LogP contribution in [0, 0.1) is 0 Å². The number of anilines is 1. The average molecular weight is 263 g/mol. The topological polar surface area (TPSA) is 46.2 Å². The Hall–Kier alpha value is -2.42. The first-order valence-electron chi connectivity index (χ1n) is 6.73. The third-order valence-corrected chi connectivity index (χ3v) is 4.37. The van der Waals surface area contributed by atoms with Crippen molar-refractivity contribution in [3.05, 3.63) is 65.2 Å². The zero-order valence-electron chi connectivity index (χ0n) is 10.8. The van der Waals surface area contributed by atoms with Gasteiger partial charge in [0, 0.05) is 17.7 Å². The summed E-state index contributed by atoms with van der Waals surface area (Å²) in [5, 5.41) is 2.87. The molecule has 0 aromatic heterocycles. The van der Waals surface area contributed by atoms with Crippen molar-refractivity contribution in [3.8, 4) is 0 Å². The van der Waals surface area contributed by atoms with Crippen LogP contribution >= 0.6 is 0 Å². The third-order valence-electron chi connectivity index (χ3n) is 4.37. The monoisotopic (exact) mass is 263 g/mol. The van der Waals surface area contributed by atoms with Crippen LogP contribution in [0.2, 0.25) is 0 Å². The van der Waals surface area contributed by atoms with Crippen molar-refractivity contribution < 1.29 is 9.59 Å². The van der Waals surface area contributed by atoms with Crippen molar-refractivity contribution in [1.29, 1.82) is 0 Å². The Kier molecular flexibility index (Phi) is 2.16. The first-order chi connectivity index (χ1) is 9.71. The summed E-state index contributed by atoms with van der Waals surface area (Å²) in [6, 6.07) is 15.3. The lowest BCUT2D eigenvalue weighted by Gasteiger charge is -2.33. The lowest BCUT2D eigenvalue weighted by molar-refractivity contribution is -0.117. The Morgan fingerprint density at radius 1 is 0.900 bits per heavy atom. The van der Waals surface area contributed by atoms with E-state index in [-0.39, 0.29) is 18.1 Å². The van der Waals surface area contributed by atoms with Gasteiger partial charge in [0.15, 0.2) is 5.78 Å². The quantitative estimate of drug-likeness (QED) is 0.794. The molecule has 3 nitrogen and oxygen atoms in total. The highest BCUT2D eigenvalue weighted by molar-refractivity contribution is 6.14. The summed E-state index contributed by atoms with van der Waals surface area (Å²) in [6.45, 7) is 0. The maximum absolute atomic E-state index is 12.9. The molecule has 4 rings (SSSR count). The van der Waals surface area contributed by atoms with Crippen LogP contribution < -0.4 is 5.32 Å². The maximum Gasteiger partial charge on any atom is 0.225 e. The number of rotatable bonds is 0. The van der Waals surface area contributed by atoms with Crippen LogP contribution in [0.5, 0.6) is 0 Å². The van der Waals surface area contributed by atoms with E-state index in [0.717, 1.165) is 22.4 Å². The van der Waals surface area contributed by atoms with Gasteiger partial charge in [-0.1, -0.05) is 42.5 Å². The number of amides is 1. The first-order valence-corrected chi connectivity index (χ1v) is 6.73. The highest BCUT2D eigenvalue weighted by atomic mass is 16.2. The van der Waals surface area contributed by atoms with Crippen LogP contribution in [-0.4, -0.2) is 11.7 Å². The molecule has 2 aromatic carbocycles. The van der Waals surface area contributed by atoms with Crippen LogP contribution in [0.3, 0.4) is 0 Å². The largest absolute Gasteiger partial charge is 0.326 e. The van der Waals surface area contributed by atoms with E-state index < -0.39 is 5.41 Å². The molecule has 2 aliphatic rings. The van der Waals surface area contributed by atoms with Crippen LogP contribution in [-0.2, 0) is 16.6 Å². The minimum Gasteiger partial charge on any atom is -0.326 e. The van der Waals surface area contributed by atoms with Crippen molar-refractivity contribution in [2.45, 2.75) is 18.3 Å². The molecule has 1 amide bonds. The number of fused-ring (bicyclic) bond motifs is 3. The maximum atomic E-state index is 12.9. The summed E-state index contributed by atoms with van der Waals surface area (Å²) in [5.74, 6) is 0.000237. The van der Waals surface area contributed by atoms with Gasteiger partial charge >= 0.3 is 0 Å². The van der Waals surface area contributed by atoms with E-state index in [1.54, 1.807) is 0 Å². The highest BCUT2D eigenvalue weighted by Crippen LogP contribution is 2.47. The average Bonchev–Trinajstić information content (AvgIpc) is 2.73. The molecule has 1 N–H and O–H groups in total. The molecule has 0 bridgehead atoms. The molecule has 2 aromatic rings. The van der Waals surface area contributed by atoms with E-state index in [1.807, 2.05) is 48.5 Å². The Labute approximate surface area is 116 Å². The first kappa shape index (κ1) is 11.4. The second-order valence-electron chi connectivity index (χ2n) is 5.52. The molecule has 0 saturated carbocycles. The van der Waals surface area contributed by atoms with Gasteiger partial charge in [-0.15, -0.1) is 0 Å². The Balaban J connectivity index is 1.96. The van der Waals surface area contributed by atoms with Crippen molar-refractivity contribution in [2.24, 2.45) is 0 Å². The predicted octanol–water partition coefficient (Wildman–Crippen LogP) is 2.71. The number of ketones is 1. The van der Waals surface area contributed by atoms with E-state index in [0.29, 0.717) is 6.42 Å². The number of nitrogens with one attached hydrogen (secondary N) is 1. The van der Waals surface area contributed by atoms with Crippen molar-refractivity contribution in [2.75, 3.05) is 5.32 Å². The molecular weight excluding hydrogens is 250 g/mol. The molecule has 1 unspecified atom stereocenters. The summed E-state index contributed by atoms with van der Waals surface area (Å²) >= 11 is 0. The molecule has 0 fully saturated rings. The number of Topliss-reactive ketones (excluding diaryl/α,β-unsaturated/α-hetero) is 1. The molecule has 3 heteroatoms. The normalized spacial score (nSPS) is 23.4. The van der Waals surface area contributed by atoms with E-state index in [1.165, 1.54) is 0 Å². The number of para-hydroxylation sites is 1. The summed E-state index contributed by atoms with van der Waals surface area (Å²) < 4.78 is 0. The predicted molar refractivity (Wildman–Crippen MR) is 75.8 cm³/mol. The van der Waals surface area contributed by atoms with Gasteiger partial charge in [-0.25, -0.2) is 0 Å². The Morgan fingerprint density at radius 3 is 2.50 bits per heavy atom. The SMILES string of the molecule is O=C1CC2(Cc3ccccc3C2=O)c2ccccc2N1. The van der Waals surface area contributed by atoms with Crippen LogP contribution in [0.4, 0.5) is 5.69 Å². The fourth-order valence-corrected chi connectivity index (χ4v) is 3.49. The minimum atomic E-state index is -0.706. The van der Waals surface area contributed by atoms with Crippen molar-refractivity contribution >= 4 is 17.4 Å². The number of hydrogen-bond acceptors (Lipinski definition) is 2. The molecule has 1 spiro atoms. The van der Waals surface area contributed by atoms with E-state index in [4.69, 9.17) is 0 Å². The highest BCUT2D eigenvalue weighted by Gasteiger charge is 2.50. The van der Waals surface area contributed by atoms with Crippen LogP contribution in [0.25, 0.3) is 0 Å². The molecular formula is C17H13NO2. The smallest absolute Gasteiger partial charge is 0.225 e. The summed E-state index contributed by atoms with van der Waals surface area (Å²) in [4.78, 5) is 24.9. The molecule has 0 saturated heterocycles. The summed E-state index contributed by atoms with van der Waals surface area (Å²) in [5.41, 5.74) is 2.81. The zero-order chi connectivity index (χ0) is 13.7. The molecule has 20 heavy (non-hydrogen) atoms. The second-order valence-corrected chi connectivity index (χ2v) is 5.52. The van der Waals surface area contributed by atoms with Crippen molar-refractivity contribution in [3.63, 3.8) is 0 Å². The van der Waals surface area contributed by atoms with Gasteiger partial charge in [-0.3, -0.25) is 9.59 Å². The lowest BCUT2D eigenvalue weighted by Crippen LogP contribution is -2.41. The van der Waals surface area contributed by atoms with Gasteiger partial charge in [0.2, 0.25) is 5.91 Å². The van der Waals surface area contributed by atoms with Gasteiger partial charge in [0.25, 0.3) is 0 Å². The fraction of sp³-hybridized carbons (Fsp3) is 0.176. The molecule has 1 aliphatic heterocycles. The van der Waals surface area contributed by atoms with Gasteiger partial charge in [-0.05, 0) is 23.6 Å². The van der Waals surface area contributed by atoms with E-state index >= 15 is 0 Å². The van der Waals surface area contributed by atoms with E-state index in [2.05, 4.69) is 5.32 Å². The molecule has 1 atom stereocenters. The second kappa shape index (κ2) is 3.79. The molecule has 1 aliphatic carbocycles. The van der Waals surface area contributed by atoms with E-state index in [9.17, 15) is 9.59 Å². The van der Waals surface area contributed by atoms with Crippen LogP contribution in [0.1, 0.15) is 27.9 Å². The number of carbonyl (C=O) groups is 2. The Bertz CT molecular complexity index is 750. The molecule has 1 heterocycles. The minimum absolute atomic E-state index is 0.0788. The van der Waals surface area contributed by atoms with Gasteiger partial charge in [0.05, 0.1) is 5.41 Å². The van der Waals surface area contributed by atoms with Gasteiger partial charge in [0.1, 0.15) is 0 Å². The summed E-state index contributed by atoms with van der Waals surface area (Å²) in [6.07, 6.45) is 0.851. The number of hydrogen-bond donors (Lipinski definition) is 1. The number of carbonyl (C=O) groups excluding carboxylic acids is 2. The molecule has 0 radical (unpaired) electrons. The van der Waals surface area contributed by atoms with Crippen molar-refractivity contribution in [1.82, 2.24) is 0 Å². The standard InChI is InChI=1S/C17H13NO2/c19-15-10-17(13-7-3-4-8-14(13)18-15)9-11-5-1-2-6-12(11)16(17)20/h1-8H,9-10H2,(H,18,19). The number of benzene rings is 2. The van der Waals surface area contributed by atoms with Gasteiger partial charge in [-0.2, -0.15) is 0 Å². The molecule has 98 valence electrons. The zero-order valence-corrected chi connectivity index (χ0v) is 10.8. The third kappa shape index (κ3) is 1.35. The fourth-order valence-electron chi connectivity index (χ4n) is 3.49. The Morgan fingerprint density at radius 2 is 1.65 bits per heavy atom. The van der Waals surface area contributed by atoms with Gasteiger partial charge < -0.3 is 5.32 Å². The lowest BCUT2D eigenvalue weighted by atomic mass is 9.71. The van der Waals surface area contributed by atoms with Crippen LogP contribution in [0.15, 0.2) is 48.5 Å².